The molecule has 0 aliphatic carbocycles. The SMILES string of the molecule is C/C=C/CCCCCCCCCCCCCCCC[N+](CC(C)C(=O)O)(CC(C)C(=O)O)CC(C)C(=O)O. The molecule has 222 valence electrons. The predicted octanol–water partition coefficient (Wildman–Crippen LogP) is 7.39. The van der Waals surface area contributed by atoms with Crippen LogP contribution in [0.3, 0.4) is 0 Å². The van der Waals surface area contributed by atoms with E-state index in [9.17, 15) is 29.7 Å². The van der Waals surface area contributed by atoms with Crippen molar-refractivity contribution in [2.45, 2.75) is 124 Å². The van der Waals surface area contributed by atoms with E-state index in [0.717, 1.165) is 19.3 Å². The highest BCUT2D eigenvalue weighted by molar-refractivity contribution is 5.70. The maximum atomic E-state index is 11.6. The van der Waals surface area contributed by atoms with Gasteiger partial charge >= 0.3 is 17.9 Å². The number of quaternary nitrogens is 1. The summed E-state index contributed by atoms with van der Waals surface area (Å²) in [5.74, 6) is -4.80. The molecule has 3 atom stereocenters. The third-order valence-electron chi connectivity index (χ3n) is 7.74. The average Bonchev–Trinajstić information content (AvgIpc) is 2.85. The van der Waals surface area contributed by atoms with Gasteiger partial charge in [-0.25, -0.2) is 0 Å². The summed E-state index contributed by atoms with van der Waals surface area (Å²) in [4.78, 5) is 34.8. The van der Waals surface area contributed by atoms with Crippen molar-refractivity contribution in [1.29, 1.82) is 0 Å². The average molecular weight is 541 g/mol. The lowest BCUT2D eigenvalue weighted by molar-refractivity contribution is -0.934. The van der Waals surface area contributed by atoms with Crippen molar-refractivity contribution in [3.8, 4) is 0 Å². The Morgan fingerprint density at radius 3 is 1.13 bits per heavy atom. The number of unbranched alkanes of at least 4 members (excludes halogenated alkanes) is 14. The Balaban J connectivity index is 4.40. The zero-order valence-corrected chi connectivity index (χ0v) is 24.8. The molecule has 0 rings (SSSR count). The summed E-state index contributed by atoms with van der Waals surface area (Å²) in [6, 6.07) is 0. The van der Waals surface area contributed by atoms with Gasteiger partial charge in [0.2, 0.25) is 0 Å². The molecule has 0 aromatic rings. The lowest BCUT2D eigenvalue weighted by Crippen LogP contribution is -2.57. The molecule has 0 radical (unpaired) electrons. The molecule has 0 spiro atoms. The van der Waals surface area contributed by atoms with E-state index in [4.69, 9.17) is 0 Å². The molecule has 0 bridgehead atoms. The standard InChI is InChI=1S/C31H57NO6/c1-5-6-7-8-9-10-11-12-13-14-15-16-17-18-19-20-21-22-32(23-26(2)29(33)34,24-27(3)30(35)36)25-28(4)31(37)38/h5-6,26-28H,7-25H2,1-4H3,(H2-,33,34,35,36,37,38)/p+1/b6-5+. The van der Waals surface area contributed by atoms with Gasteiger partial charge in [-0.05, 0) is 53.4 Å². The molecule has 0 heterocycles. The van der Waals surface area contributed by atoms with E-state index in [1.165, 1.54) is 77.0 Å². The summed E-state index contributed by atoms with van der Waals surface area (Å²) in [6.45, 7) is 8.32. The summed E-state index contributed by atoms with van der Waals surface area (Å²) in [6.07, 6.45) is 22.9. The molecule has 3 unspecified atom stereocenters. The summed E-state index contributed by atoms with van der Waals surface area (Å²) in [5, 5.41) is 28.5. The summed E-state index contributed by atoms with van der Waals surface area (Å²) in [5.41, 5.74) is 0. The Kier molecular flexibility index (Phi) is 20.9. The van der Waals surface area contributed by atoms with Gasteiger partial charge in [0, 0.05) is 0 Å². The minimum atomic E-state index is -0.932. The molecular formula is C31H58NO6+. The first kappa shape index (κ1) is 36.1. The first-order valence-corrected chi connectivity index (χ1v) is 15.2. The van der Waals surface area contributed by atoms with Crippen molar-refractivity contribution >= 4 is 17.9 Å². The van der Waals surface area contributed by atoms with Crippen molar-refractivity contribution in [3.05, 3.63) is 12.2 Å². The molecule has 0 amide bonds. The molecule has 0 aliphatic rings. The summed E-state index contributed by atoms with van der Waals surface area (Å²) in [7, 11) is 0. The molecule has 0 saturated carbocycles. The minimum Gasteiger partial charge on any atom is -0.481 e. The Labute approximate surface area is 232 Å². The van der Waals surface area contributed by atoms with Gasteiger partial charge in [0.25, 0.3) is 0 Å². The van der Waals surface area contributed by atoms with Crippen molar-refractivity contribution < 1.29 is 34.2 Å². The fourth-order valence-corrected chi connectivity index (χ4v) is 5.47. The van der Waals surface area contributed by atoms with E-state index in [1.54, 1.807) is 20.8 Å². The topological polar surface area (TPSA) is 112 Å². The highest BCUT2D eigenvalue weighted by Crippen LogP contribution is 2.22. The number of rotatable bonds is 26. The largest absolute Gasteiger partial charge is 0.481 e. The Bertz CT molecular complexity index is 622. The second kappa shape index (κ2) is 22.0. The Morgan fingerprint density at radius 2 is 0.842 bits per heavy atom. The predicted molar refractivity (Wildman–Crippen MR) is 154 cm³/mol. The van der Waals surface area contributed by atoms with Crippen LogP contribution in [0.15, 0.2) is 12.2 Å². The van der Waals surface area contributed by atoms with Gasteiger partial charge in [-0.15, -0.1) is 0 Å². The summed E-state index contributed by atoms with van der Waals surface area (Å²) < 4.78 is 0.226. The van der Waals surface area contributed by atoms with Crippen LogP contribution in [0, 0.1) is 17.8 Å². The highest BCUT2D eigenvalue weighted by Gasteiger charge is 2.38. The highest BCUT2D eigenvalue weighted by atomic mass is 16.4. The van der Waals surface area contributed by atoms with E-state index in [-0.39, 0.29) is 24.1 Å². The molecule has 38 heavy (non-hydrogen) atoms. The van der Waals surface area contributed by atoms with Gasteiger partial charge in [0.05, 0.1) is 26.2 Å². The quantitative estimate of drug-likeness (QED) is 0.0599. The second-order valence-corrected chi connectivity index (χ2v) is 11.6. The van der Waals surface area contributed by atoms with Crippen molar-refractivity contribution in [1.82, 2.24) is 0 Å². The van der Waals surface area contributed by atoms with Crippen LogP contribution in [0.2, 0.25) is 0 Å². The molecule has 0 fully saturated rings. The van der Waals surface area contributed by atoms with Crippen LogP contribution in [-0.2, 0) is 14.4 Å². The van der Waals surface area contributed by atoms with Crippen LogP contribution >= 0.6 is 0 Å². The molecular weight excluding hydrogens is 482 g/mol. The molecule has 0 aliphatic heterocycles. The minimum absolute atomic E-state index is 0.226. The second-order valence-electron chi connectivity index (χ2n) is 11.6. The van der Waals surface area contributed by atoms with Gasteiger partial charge in [-0.3, -0.25) is 14.4 Å². The number of hydrogen-bond donors (Lipinski definition) is 3. The molecule has 0 aromatic carbocycles. The van der Waals surface area contributed by atoms with E-state index in [0.29, 0.717) is 6.54 Å². The van der Waals surface area contributed by atoms with Crippen LogP contribution in [0.1, 0.15) is 124 Å². The van der Waals surface area contributed by atoms with E-state index >= 15 is 0 Å². The van der Waals surface area contributed by atoms with Crippen LogP contribution in [0.5, 0.6) is 0 Å². The van der Waals surface area contributed by atoms with Gasteiger partial charge < -0.3 is 19.8 Å². The number of carbonyl (C=O) groups is 3. The molecule has 7 heteroatoms. The van der Waals surface area contributed by atoms with Crippen LogP contribution in [-0.4, -0.2) is 63.9 Å². The fraction of sp³-hybridized carbons (Fsp3) is 0.839. The third-order valence-corrected chi connectivity index (χ3v) is 7.74. The fourth-order valence-electron chi connectivity index (χ4n) is 5.47. The molecule has 7 nitrogen and oxygen atoms in total. The van der Waals surface area contributed by atoms with E-state index < -0.39 is 35.7 Å². The van der Waals surface area contributed by atoms with Crippen LogP contribution in [0.4, 0.5) is 0 Å². The van der Waals surface area contributed by atoms with Crippen molar-refractivity contribution in [2.75, 3.05) is 26.2 Å². The number of aliphatic carboxylic acids is 3. The zero-order chi connectivity index (χ0) is 28.8. The maximum absolute atomic E-state index is 11.6. The molecule has 3 N–H and O–H groups in total. The van der Waals surface area contributed by atoms with Crippen molar-refractivity contribution in [2.24, 2.45) is 17.8 Å². The van der Waals surface area contributed by atoms with E-state index in [2.05, 4.69) is 19.1 Å². The molecule has 0 aromatic heterocycles. The number of allylic oxidation sites excluding steroid dienone is 2. The van der Waals surface area contributed by atoms with Gasteiger partial charge in [-0.1, -0.05) is 82.8 Å². The maximum Gasteiger partial charge on any atom is 0.311 e. The van der Waals surface area contributed by atoms with Crippen LogP contribution < -0.4 is 0 Å². The Morgan fingerprint density at radius 1 is 0.553 bits per heavy atom. The lowest BCUT2D eigenvalue weighted by atomic mass is 10.00. The Hall–Kier alpha value is -1.89. The van der Waals surface area contributed by atoms with E-state index in [1.807, 2.05) is 0 Å². The number of nitrogens with zero attached hydrogens (tertiary/aromatic N) is 1. The number of carboxylic acids is 3. The smallest absolute Gasteiger partial charge is 0.311 e. The van der Waals surface area contributed by atoms with Gasteiger partial charge in [0.1, 0.15) is 17.8 Å². The zero-order valence-electron chi connectivity index (χ0n) is 24.8. The van der Waals surface area contributed by atoms with Gasteiger partial charge in [-0.2, -0.15) is 0 Å². The van der Waals surface area contributed by atoms with Crippen molar-refractivity contribution in [3.63, 3.8) is 0 Å². The third kappa shape index (κ3) is 18.4. The monoisotopic (exact) mass is 540 g/mol. The first-order valence-electron chi connectivity index (χ1n) is 15.2. The normalized spacial score (nSPS) is 15.7. The first-order chi connectivity index (χ1) is 18.0. The summed E-state index contributed by atoms with van der Waals surface area (Å²) >= 11 is 0. The molecule has 0 saturated heterocycles. The number of hydrogen-bond acceptors (Lipinski definition) is 3. The van der Waals surface area contributed by atoms with Gasteiger partial charge in [0.15, 0.2) is 0 Å². The van der Waals surface area contributed by atoms with Crippen LogP contribution in [0.25, 0.3) is 0 Å². The lowest BCUT2D eigenvalue weighted by Gasteiger charge is -2.42. The number of carboxylic acid groups (broad SMARTS) is 3.